The van der Waals surface area contributed by atoms with E-state index in [1.54, 1.807) is 12.1 Å². The van der Waals surface area contributed by atoms with Crippen LogP contribution in [0, 0.1) is 3.57 Å². The highest BCUT2D eigenvalue weighted by Crippen LogP contribution is 2.28. The molecule has 0 unspecified atom stereocenters. The van der Waals surface area contributed by atoms with Gasteiger partial charge in [-0.05, 0) is 47.2 Å². The first-order valence-corrected chi connectivity index (χ1v) is 6.08. The van der Waals surface area contributed by atoms with Crippen molar-refractivity contribution in [3.8, 4) is 0 Å². The Labute approximate surface area is 112 Å². The number of imide groups is 1. The number of hydrogen-bond acceptors (Lipinski definition) is 3. The van der Waals surface area contributed by atoms with E-state index in [-0.39, 0.29) is 0 Å². The van der Waals surface area contributed by atoms with Gasteiger partial charge in [-0.3, -0.25) is 10.1 Å². The predicted molar refractivity (Wildman–Crippen MR) is 69.2 cm³/mol. The zero-order valence-corrected chi connectivity index (χ0v) is 11.2. The Morgan fingerprint density at radius 2 is 1.88 bits per heavy atom. The normalized spacial score (nSPS) is 25.4. The standard InChI is InChI=1S/C11H11IN2O3/c1-11(9(16)13-10(17)14-11)8(15)6-2-4-7(12)5-3-6/h2-5,8,15H,1H3,(H2,13,14,16,17)/t8-,11-/m1/s1. The highest BCUT2D eigenvalue weighted by molar-refractivity contribution is 14.1. The lowest BCUT2D eigenvalue weighted by Crippen LogP contribution is -2.49. The van der Waals surface area contributed by atoms with Gasteiger partial charge in [-0.1, -0.05) is 12.1 Å². The Hall–Kier alpha value is -1.15. The van der Waals surface area contributed by atoms with Gasteiger partial charge in [-0.15, -0.1) is 0 Å². The summed E-state index contributed by atoms with van der Waals surface area (Å²) in [4.78, 5) is 22.7. The van der Waals surface area contributed by atoms with Gasteiger partial charge >= 0.3 is 6.03 Å². The maximum Gasteiger partial charge on any atom is 0.322 e. The molecule has 0 spiro atoms. The summed E-state index contributed by atoms with van der Waals surface area (Å²) in [5.41, 5.74) is -0.727. The van der Waals surface area contributed by atoms with Gasteiger partial charge < -0.3 is 10.4 Å². The third-order valence-corrected chi connectivity index (χ3v) is 3.52. The first kappa shape index (κ1) is 12.3. The van der Waals surface area contributed by atoms with Gasteiger partial charge in [0.1, 0.15) is 11.6 Å². The molecule has 1 aliphatic rings. The molecule has 17 heavy (non-hydrogen) atoms. The molecule has 1 aromatic rings. The van der Waals surface area contributed by atoms with E-state index in [2.05, 4.69) is 33.2 Å². The number of aliphatic hydroxyl groups is 1. The number of hydrogen-bond donors (Lipinski definition) is 3. The number of nitrogens with one attached hydrogen (secondary N) is 2. The van der Waals surface area contributed by atoms with Crippen LogP contribution in [0.2, 0.25) is 0 Å². The molecule has 2 atom stereocenters. The first-order valence-electron chi connectivity index (χ1n) is 5.00. The molecule has 2 rings (SSSR count). The van der Waals surface area contributed by atoms with Crippen LogP contribution in [-0.4, -0.2) is 22.6 Å². The summed E-state index contributed by atoms with van der Waals surface area (Å²) in [5.74, 6) is -0.520. The molecule has 1 aliphatic heterocycles. The molecule has 0 saturated carbocycles. The number of amides is 3. The smallest absolute Gasteiger partial charge is 0.322 e. The summed E-state index contributed by atoms with van der Waals surface area (Å²) in [6.07, 6.45) is -1.08. The predicted octanol–water partition coefficient (Wildman–Crippen LogP) is 0.923. The Balaban J connectivity index is 2.31. The molecule has 0 radical (unpaired) electrons. The number of carbonyl (C=O) groups excluding carboxylic acids is 2. The third-order valence-electron chi connectivity index (χ3n) is 2.80. The SMILES string of the molecule is C[C@]1([C@H](O)c2ccc(I)cc2)NC(=O)NC1=O. The second kappa shape index (κ2) is 4.26. The molecule has 5 nitrogen and oxygen atoms in total. The average molecular weight is 346 g/mol. The quantitative estimate of drug-likeness (QED) is 0.551. The number of benzene rings is 1. The minimum absolute atomic E-state index is 0.520. The van der Waals surface area contributed by atoms with Crippen molar-refractivity contribution in [3.05, 3.63) is 33.4 Å². The van der Waals surface area contributed by atoms with Crippen molar-refractivity contribution in [1.82, 2.24) is 10.6 Å². The van der Waals surface area contributed by atoms with E-state index in [1.807, 2.05) is 12.1 Å². The fourth-order valence-electron chi connectivity index (χ4n) is 1.73. The molecule has 1 saturated heterocycles. The Kier molecular flexibility index (Phi) is 3.09. The van der Waals surface area contributed by atoms with Gasteiger partial charge in [-0.2, -0.15) is 0 Å². The van der Waals surface area contributed by atoms with E-state index in [0.717, 1.165) is 3.57 Å². The van der Waals surface area contributed by atoms with E-state index < -0.39 is 23.6 Å². The molecular formula is C11H11IN2O3. The van der Waals surface area contributed by atoms with Crippen molar-refractivity contribution in [2.45, 2.75) is 18.6 Å². The average Bonchev–Trinajstić information content (AvgIpc) is 2.54. The monoisotopic (exact) mass is 346 g/mol. The molecule has 0 bridgehead atoms. The van der Waals surface area contributed by atoms with Crippen LogP contribution >= 0.6 is 22.6 Å². The summed E-state index contributed by atoms with van der Waals surface area (Å²) < 4.78 is 1.03. The van der Waals surface area contributed by atoms with Crippen molar-refractivity contribution in [3.63, 3.8) is 0 Å². The summed E-state index contributed by atoms with van der Waals surface area (Å²) in [6, 6.07) is 6.54. The summed E-state index contributed by atoms with van der Waals surface area (Å²) in [7, 11) is 0. The van der Waals surface area contributed by atoms with Gasteiger partial charge in [0.2, 0.25) is 0 Å². The largest absolute Gasteiger partial charge is 0.385 e. The third kappa shape index (κ3) is 2.14. The molecule has 6 heteroatoms. The summed E-state index contributed by atoms with van der Waals surface area (Å²) in [6.45, 7) is 1.50. The Morgan fingerprint density at radius 3 is 2.35 bits per heavy atom. The maximum atomic E-state index is 11.6. The van der Waals surface area contributed by atoms with Gasteiger partial charge in [0, 0.05) is 3.57 Å². The second-order valence-electron chi connectivity index (χ2n) is 4.06. The van der Waals surface area contributed by atoms with Crippen LogP contribution in [0.25, 0.3) is 0 Å². The molecule has 0 aliphatic carbocycles. The fraction of sp³-hybridized carbons (Fsp3) is 0.273. The molecule has 3 amide bonds. The molecule has 90 valence electrons. The minimum Gasteiger partial charge on any atom is -0.385 e. The van der Waals surface area contributed by atoms with Crippen LogP contribution in [0.15, 0.2) is 24.3 Å². The van der Waals surface area contributed by atoms with Gasteiger partial charge in [0.05, 0.1) is 0 Å². The number of rotatable bonds is 2. The molecular weight excluding hydrogens is 335 g/mol. The maximum absolute atomic E-state index is 11.6. The van der Waals surface area contributed by atoms with Crippen molar-refractivity contribution >= 4 is 34.5 Å². The van der Waals surface area contributed by atoms with Gasteiger partial charge in [-0.25, -0.2) is 4.79 Å². The molecule has 1 fully saturated rings. The molecule has 3 N–H and O–H groups in total. The summed E-state index contributed by atoms with van der Waals surface area (Å²) >= 11 is 2.15. The fourth-order valence-corrected chi connectivity index (χ4v) is 2.09. The van der Waals surface area contributed by atoms with E-state index in [4.69, 9.17) is 0 Å². The van der Waals surface area contributed by atoms with E-state index >= 15 is 0 Å². The zero-order chi connectivity index (χ0) is 12.6. The van der Waals surface area contributed by atoms with Crippen molar-refractivity contribution in [1.29, 1.82) is 0 Å². The van der Waals surface area contributed by atoms with Crippen LogP contribution in [0.5, 0.6) is 0 Å². The number of halogens is 1. The minimum atomic E-state index is -1.32. The van der Waals surface area contributed by atoms with Crippen LogP contribution in [-0.2, 0) is 4.79 Å². The van der Waals surface area contributed by atoms with Gasteiger partial charge in [0.15, 0.2) is 0 Å². The van der Waals surface area contributed by atoms with Crippen molar-refractivity contribution < 1.29 is 14.7 Å². The Morgan fingerprint density at radius 1 is 1.29 bits per heavy atom. The number of carbonyl (C=O) groups is 2. The van der Waals surface area contributed by atoms with Crippen molar-refractivity contribution in [2.75, 3.05) is 0 Å². The molecule has 1 heterocycles. The highest BCUT2D eigenvalue weighted by atomic mass is 127. The highest BCUT2D eigenvalue weighted by Gasteiger charge is 2.48. The van der Waals surface area contributed by atoms with Crippen LogP contribution < -0.4 is 10.6 Å². The lowest BCUT2D eigenvalue weighted by molar-refractivity contribution is -0.127. The number of urea groups is 1. The van der Waals surface area contributed by atoms with Crippen molar-refractivity contribution in [2.24, 2.45) is 0 Å². The van der Waals surface area contributed by atoms with Gasteiger partial charge in [0.25, 0.3) is 5.91 Å². The molecule has 0 aromatic heterocycles. The second-order valence-corrected chi connectivity index (χ2v) is 5.31. The van der Waals surface area contributed by atoms with Crippen LogP contribution in [0.3, 0.4) is 0 Å². The van der Waals surface area contributed by atoms with Crippen LogP contribution in [0.4, 0.5) is 4.79 Å². The lowest BCUT2D eigenvalue weighted by atomic mass is 9.89. The van der Waals surface area contributed by atoms with Crippen LogP contribution in [0.1, 0.15) is 18.6 Å². The lowest BCUT2D eigenvalue weighted by Gasteiger charge is -2.27. The van der Waals surface area contributed by atoms with E-state index in [1.165, 1.54) is 6.92 Å². The van der Waals surface area contributed by atoms with E-state index in [9.17, 15) is 14.7 Å². The number of aliphatic hydroxyl groups excluding tert-OH is 1. The topological polar surface area (TPSA) is 78.4 Å². The Bertz CT molecular complexity index is 474. The zero-order valence-electron chi connectivity index (χ0n) is 9.03. The molecule has 1 aromatic carbocycles. The summed E-state index contributed by atoms with van der Waals surface area (Å²) in [5, 5.41) is 14.7. The first-order chi connectivity index (χ1) is 7.93. The van der Waals surface area contributed by atoms with E-state index in [0.29, 0.717) is 5.56 Å².